The summed E-state index contributed by atoms with van der Waals surface area (Å²) < 4.78 is 2.66. The number of ketones is 1. The summed E-state index contributed by atoms with van der Waals surface area (Å²) in [6.45, 7) is 2.90. The highest BCUT2D eigenvalue weighted by molar-refractivity contribution is 9.10. The molecule has 0 atom stereocenters. The Morgan fingerprint density at radius 2 is 2.21 bits per heavy atom. The van der Waals surface area contributed by atoms with Crippen molar-refractivity contribution in [2.45, 2.75) is 57.2 Å². The maximum absolute atomic E-state index is 12.4. The van der Waals surface area contributed by atoms with Gasteiger partial charge in [0.25, 0.3) is 0 Å². The molecule has 0 aliphatic heterocycles. The van der Waals surface area contributed by atoms with Crippen molar-refractivity contribution in [3.8, 4) is 0 Å². The van der Waals surface area contributed by atoms with Crippen molar-refractivity contribution in [1.82, 2.24) is 9.78 Å². The summed E-state index contributed by atoms with van der Waals surface area (Å²) in [6, 6.07) is 0. The van der Waals surface area contributed by atoms with Crippen molar-refractivity contribution in [1.29, 1.82) is 0 Å². The summed E-state index contributed by atoms with van der Waals surface area (Å²) in [5, 5.41) is 4.94. The second-order valence-electron chi connectivity index (χ2n) is 5.06. The molecule has 1 aromatic rings. The van der Waals surface area contributed by atoms with E-state index in [0.29, 0.717) is 11.0 Å². The Bertz CT molecular complexity index is 427. The van der Waals surface area contributed by atoms with Gasteiger partial charge in [-0.1, -0.05) is 26.2 Å². The molecule has 2 rings (SSSR count). The number of aryl methyl sites for hydroxylation is 1. The van der Waals surface area contributed by atoms with Crippen LogP contribution in [0.1, 0.15) is 55.9 Å². The Morgan fingerprint density at radius 1 is 1.47 bits per heavy atom. The van der Waals surface area contributed by atoms with Gasteiger partial charge < -0.3 is 0 Å². The molecular formula is C14H21BrN2OS. The maximum atomic E-state index is 12.4. The summed E-state index contributed by atoms with van der Waals surface area (Å²) in [6.07, 6.45) is 9.27. The Hall–Kier alpha value is -0.290. The SMILES string of the molecule is CCCn1ncc(Br)c1C(=O)CSC1CCCCC1. The lowest BCUT2D eigenvalue weighted by atomic mass is 10.0. The number of carbonyl (C=O) groups is 1. The molecule has 0 amide bonds. The lowest BCUT2D eigenvalue weighted by Gasteiger charge is -2.20. The Kier molecular flexibility index (Phi) is 5.95. The molecule has 0 unspecified atom stereocenters. The Labute approximate surface area is 127 Å². The van der Waals surface area contributed by atoms with Crippen LogP contribution in [0.15, 0.2) is 10.7 Å². The molecule has 1 aliphatic carbocycles. The standard InChI is InChI=1S/C14H21BrN2OS/c1-2-8-17-14(12(15)9-16-17)13(18)10-19-11-6-4-3-5-7-11/h9,11H,2-8,10H2,1H3. The molecule has 1 aromatic heterocycles. The van der Waals surface area contributed by atoms with Crippen molar-refractivity contribution < 1.29 is 4.79 Å². The summed E-state index contributed by atoms with van der Waals surface area (Å²) in [4.78, 5) is 12.4. The molecule has 0 saturated heterocycles. The first-order chi connectivity index (χ1) is 9.22. The highest BCUT2D eigenvalue weighted by Gasteiger charge is 2.20. The van der Waals surface area contributed by atoms with Crippen LogP contribution in [0.5, 0.6) is 0 Å². The number of aromatic nitrogens is 2. The first-order valence-electron chi connectivity index (χ1n) is 7.08. The van der Waals surface area contributed by atoms with E-state index < -0.39 is 0 Å². The number of rotatable bonds is 6. The van der Waals surface area contributed by atoms with Gasteiger partial charge in [0.2, 0.25) is 0 Å². The molecule has 0 radical (unpaired) electrons. The second kappa shape index (κ2) is 7.48. The summed E-state index contributed by atoms with van der Waals surface area (Å²) in [7, 11) is 0. The predicted octanol–water partition coefficient (Wildman–Crippen LogP) is 4.30. The van der Waals surface area contributed by atoms with Gasteiger partial charge in [-0.2, -0.15) is 16.9 Å². The highest BCUT2D eigenvalue weighted by Crippen LogP contribution is 2.29. The van der Waals surface area contributed by atoms with E-state index in [9.17, 15) is 4.79 Å². The molecule has 1 heterocycles. The fraction of sp³-hybridized carbons (Fsp3) is 0.714. The van der Waals surface area contributed by atoms with Crippen molar-refractivity contribution in [2.75, 3.05) is 5.75 Å². The zero-order valence-corrected chi connectivity index (χ0v) is 13.8. The van der Waals surface area contributed by atoms with Gasteiger partial charge in [0.05, 0.1) is 16.4 Å². The number of hydrogen-bond donors (Lipinski definition) is 0. The third-order valence-corrected chi connectivity index (χ3v) is 5.45. The summed E-state index contributed by atoms with van der Waals surface area (Å²) >= 11 is 5.27. The van der Waals surface area contributed by atoms with E-state index in [2.05, 4.69) is 28.0 Å². The van der Waals surface area contributed by atoms with Gasteiger partial charge >= 0.3 is 0 Å². The molecule has 0 aromatic carbocycles. The van der Waals surface area contributed by atoms with Crippen molar-refractivity contribution in [2.24, 2.45) is 0 Å². The molecule has 0 bridgehead atoms. The van der Waals surface area contributed by atoms with Crippen LogP contribution in [0.2, 0.25) is 0 Å². The van der Waals surface area contributed by atoms with Gasteiger partial charge in [-0.05, 0) is 35.2 Å². The number of nitrogens with zero attached hydrogens (tertiary/aromatic N) is 2. The average molecular weight is 345 g/mol. The fourth-order valence-electron chi connectivity index (χ4n) is 2.51. The molecule has 19 heavy (non-hydrogen) atoms. The van der Waals surface area contributed by atoms with Crippen LogP contribution >= 0.6 is 27.7 Å². The minimum absolute atomic E-state index is 0.202. The molecule has 3 nitrogen and oxygen atoms in total. The van der Waals surface area contributed by atoms with Crippen molar-refractivity contribution in [3.63, 3.8) is 0 Å². The lowest BCUT2D eigenvalue weighted by Crippen LogP contribution is -2.16. The van der Waals surface area contributed by atoms with E-state index in [-0.39, 0.29) is 5.78 Å². The monoisotopic (exact) mass is 344 g/mol. The third-order valence-electron chi connectivity index (χ3n) is 3.50. The van der Waals surface area contributed by atoms with Gasteiger partial charge in [-0.3, -0.25) is 9.48 Å². The molecule has 106 valence electrons. The lowest BCUT2D eigenvalue weighted by molar-refractivity contribution is 0.101. The van der Waals surface area contributed by atoms with Crippen LogP contribution in [0, 0.1) is 0 Å². The zero-order chi connectivity index (χ0) is 13.7. The normalized spacial score (nSPS) is 16.7. The Balaban J connectivity index is 1.93. The van der Waals surface area contributed by atoms with E-state index >= 15 is 0 Å². The van der Waals surface area contributed by atoms with Gasteiger partial charge in [-0.25, -0.2) is 0 Å². The minimum atomic E-state index is 0.202. The first-order valence-corrected chi connectivity index (χ1v) is 8.92. The van der Waals surface area contributed by atoms with Gasteiger partial charge in [-0.15, -0.1) is 0 Å². The number of carbonyl (C=O) groups excluding carboxylic acids is 1. The van der Waals surface area contributed by atoms with E-state index in [1.165, 1.54) is 32.1 Å². The molecule has 0 N–H and O–H groups in total. The van der Waals surface area contributed by atoms with Crippen LogP contribution in [-0.4, -0.2) is 26.6 Å². The first kappa shape index (κ1) is 15.1. The zero-order valence-electron chi connectivity index (χ0n) is 11.4. The highest BCUT2D eigenvalue weighted by atomic mass is 79.9. The van der Waals surface area contributed by atoms with Gasteiger partial charge in [0.1, 0.15) is 5.69 Å². The van der Waals surface area contributed by atoms with E-state index in [4.69, 9.17) is 0 Å². The van der Waals surface area contributed by atoms with Crippen molar-refractivity contribution in [3.05, 3.63) is 16.4 Å². The number of Topliss-reactive ketones (excluding diaryl/α,β-unsaturated/α-hetero) is 1. The van der Waals surface area contributed by atoms with Gasteiger partial charge in [0, 0.05) is 11.8 Å². The predicted molar refractivity (Wildman–Crippen MR) is 83.9 cm³/mol. The third kappa shape index (κ3) is 4.09. The summed E-state index contributed by atoms with van der Waals surface area (Å²) in [5.74, 6) is 0.784. The van der Waals surface area contributed by atoms with Crippen LogP contribution in [0.3, 0.4) is 0 Å². The maximum Gasteiger partial charge on any atom is 0.191 e. The molecule has 5 heteroatoms. The second-order valence-corrected chi connectivity index (χ2v) is 7.20. The average Bonchev–Trinajstić information content (AvgIpc) is 2.79. The van der Waals surface area contributed by atoms with Crippen LogP contribution in [0.25, 0.3) is 0 Å². The van der Waals surface area contributed by atoms with E-state index in [0.717, 1.165) is 23.1 Å². The number of halogens is 1. The van der Waals surface area contributed by atoms with Crippen LogP contribution in [-0.2, 0) is 6.54 Å². The summed E-state index contributed by atoms with van der Waals surface area (Å²) in [5.41, 5.74) is 0.741. The molecule has 0 spiro atoms. The largest absolute Gasteiger partial charge is 0.291 e. The topological polar surface area (TPSA) is 34.9 Å². The molecule has 1 aliphatic rings. The number of hydrogen-bond acceptors (Lipinski definition) is 3. The van der Waals surface area contributed by atoms with Gasteiger partial charge in [0.15, 0.2) is 5.78 Å². The quantitative estimate of drug-likeness (QED) is 0.721. The van der Waals surface area contributed by atoms with Crippen LogP contribution < -0.4 is 0 Å². The van der Waals surface area contributed by atoms with Crippen molar-refractivity contribution >= 4 is 33.5 Å². The molecule has 1 saturated carbocycles. The van der Waals surface area contributed by atoms with E-state index in [1.807, 2.05) is 16.4 Å². The Morgan fingerprint density at radius 3 is 2.89 bits per heavy atom. The van der Waals surface area contributed by atoms with E-state index in [1.54, 1.807) is 6.20 Å². The number of thioether (sulfide) groups is 1. The molecule has 1 fully saturated rings. The minimum Gasteiger partial charge on any atom is -0.291 e. The fourth-order valence-corrected chi connectivity index (χ4v) is 4.22. The smallest absolute Gasteiger partial charge is 0.191 e. The van der Waals surface area contributed by atoms with Crippen LogP contribution in [0.4, 0.5) is 0 Å². The molecular weight excluding hydrogens is 324 g/mol.